The maximum Gasteiger partial charge on any atom is 0.318 e. The van der Waals surface area contributed by atoms with Crippen LogP contribution in [0.2, 0.25) is 0 Å². The van der Waals surface area contributed by atoms with Crippen molar-refractivity contribution in [1.29, 1.82) is 0 Å². The number of thiazole rings is 1. The number of hydrogen-bond donors (Lipinski definition) is 0. The van der Waals surface area contributed by atoms with E-state index >= 15 is 0 Å². The predicted octanol–water partition coefficient (Wildman–Crippen LogP) is 4.97. The van der Waals surface area contributed by atoms with Crippen LogP contribution in [0.1, 0.15) is 41.9 Å². The minimum Gasteiger partial charge on any atom is -0.400 e. The summed E-state index contributed by atoms with van der Waals surface area (Å²) in [5.74, 6) is -0.376. The molecule has 0 unspecified atom stereocenters. The van der Waals surface area contributed by atoms with Crippen LogP contribution in [0.5, 0.6) is 0 Å². The van der Waals surface area contributed by atoms with Gasteiger partial charge in [-0.2, -0.15) is 0 Å². The van der Waals surface area contributed by atoms with Gasteiger partial charge in [-0.25, -0.2) is 4.98 Å². The summed E-state index contributed by atoms with van der Waals surface area (Å²) in [6, 6.07) is 16.5. The molecule has 1 aliphatic heterocycles. The number of benzene rings is 2. The van der Waals surface area contributed by atoms with E-state index in [0.717, 1.165) is 53.8 Å². The number of aromatic nitrogens is 3. The number of ether oxygens (including phenoxy) is 1. The van der Waals surface area contributed by atoms with E-state index in [1.54, 1.807) is 0 Å². The van der Waals surface area contributed by atoms with E-state index < -0.39 is 0 Å². The van der Waals surface area contributed by atoms with Gasteiger partial charge in [0.2, 0.25) is 0 Å². The number of ketones is 1. The van der Waals surface area contributed by atoms with Gasteiger partial charge in [0.15, 0.2) is 5.01 Å². The minimum atomic E-state index is -0.346. The van der Waals surface area contributed by atoms with E-state index in [2.05, 4.69) is 40.3 Å². The molecule has 1 fully saturated rings. The second-order valence-electron chi connectivity index (χ2n) is 7.87. The lowest BCUT2D eigenvalue weighted by molar-refractivity contribution is 0.0660. The molecule has 1 atom stereocenters. The molecule has 2 aromatic carbocycles. The molecule has 0 amide bonds. The van der Waals surface area contributed by atoms with Gasteiger partial charge in [0, 0.05) is 19.7 Å². The number of anilines is 1. The quantitative estimate of drug-likeness (QED) is 0.278. The Labute approximate surface area is 190 Å². The Morgan fingerprint density at radius 3 is 2.91 bits per heavy atom. The third kappa shape index (κ3) is 4.28. The van der Waals surface area contributed by atoms with Crippen LogP contribution in [0.3, 0.4) is 0 Å². The second-order valence-corrected chi connectivity index (χ2v) is 8.90. The van der Waals surface area contributed by atoms with Crippen LogP contribution >= 0.6 is 11.3 Å². The molecule has 0 aliphatic carbocycles. The lowest BCUT2D eigenvalue weighted by Gasteiger charge is -2.13. The third-order valence-corrected chi connectivity index (χ3v) is 6.58. The van der Waals surface area contributed by atoms with Crippen molar-refractivity contribution in [2.75, 3.05) is 24.6 Å². The van der Waals surface area contributed by atoms with Gasteiger partial charge in [-0.3, -0.25) is 4.79 Å². The van der Waals surface area contributed by atoms with Gasteiger partial charge in [0.25, 0.3) is 11.7 Å². The van der Waals surface area contributed by atoms with E-state index in [-0.39, 0.29) is 17.8 Å². The summed E-state index contributed by atoms with van der Waals surface area (Å²) in [7, 11) is 0. The summed E-state index contributed by atoms with van der Waals surface area (Å²) in [6.07, 6.45) is 3.25. The maximum atomic E-state index is 12.9. The number of nitrogens with zero attached hydrogens (tertiary/aromatic N) is 4. The first-order chi connectivity index (χ1) is 15.7. The van der Waals surface area contributed by atoms with Crippen LogP contribution in [0.25, 0.3) is 21.3 Å². The van der Waals surface area contributed by atoms with Crippen LogP contribution in [0.15, 0.2) is 52.9 Å². The summed E-state index contributed by atoms with van der Waals surface area (Å²) in [5, 5.41) is 8.43. The van der Waals surface area contributed by atoms with E-state index in [9.17, 15) is 4.79 Å². The molecule has 0 N–H and O–H groups in total. The summed E-state index contributed by atoms with van der Waals surface area (Å²) in [6.45, 7) is 4.39. The van der Waals surface area contributed by atoms with Crippen LogP contribution in [0, 0.1) is 0 Å². The molecular weight excluding hydrogens is 424 g/mol. The average Bonchev–Trinajstić information content (AvgIpc) is 3.58. The lowest BCUT2D eigenvalue weighted by Crippen LogP contribution is -2.23. The van der Waals surface area contributed by atoms with Crippen molar-refractivity contribution in [1.82, 2.24) is 15.2 Å². The molecule has 8 heteroatoms. The average molecular weight is 449 g/mol. The van der Waals surface area contributed by atoms with Gasteiger partial charge >= 0.3 is 6.01 Å². The van der Waals surface area contributed by atoms with Gasteiger partial charge in [-0.05, 0) is 36.1 Å². The molecule has 0 saturated carbocycles. The molecule has 0 spiro atoms. The molecule has 3 heterocycles. The van der Waals surface area contributed by atoms with Gasteiger partial charge < -0.3 is 14.1 Å². The number of rotatable bonds is 8. The van der Waals surface area contributed by atoms with E-state index in [0.29, 0.717) is 17.6 Å². The Bertz CT molecular complexity index is 1220. The number of hydrogen-bond acceptors (Lipinski definition) is 8. The molecule has 1 aliphatic rings. The summed E-state index contributed by atoms with van der Waals surface area (Å²) in [5.41, 5.74) is 3.00. The van der Waals surface area contributed by atoms with Crippen molar-refractivity contribution in [3.8, 4) is 11.1 Å². The molecule has 32 heavy (non-hydrogen) atoms. The standard InChI is InChI=1S/C24H24N4O3S/c1-2-3-13-30-18-11-12-28(15-18)24-27-26-22(31-24)21(29)23-25-19-10-9-17(14-20(19)32-23)16-7-5-4-6-8-16/h4-10,14,18H,2-3,11-13,15H2,1H3/t18-/m0/s1. The van der Waals surface area contributed by atoms with Crippen molar-refractivity contribution in [2.45, 2.75) is 32.3 Å². The fourth-order valence-corrected chi connectivity index (χ4v) is 4.73. The van der Waals surface area contributed by atoms with Crippen molar-refractivity contribution in [3.63, 3.8) is 0 Å². The molecule has 164 valence electrons. The molecular formula is C24H24N4O3S. The molecule has 2 aromatic heterocycles. The first kappa shape index (κ1) is 20.8. The lowest BCUT2D eigenvalue weighted by atomic mass is 10.1. The smallest absolute Gasteiger partial charge is 0.318 e. The highest BCUT2D eigenvalue weighted by Gasteiger charge is 2.28. The van der Waals surface area contributed by atoms with Crippen LogP contribution < -0.4 is 4.90 Å². The van der Waals surface area contributed by atoms with Crippen molar-refractivity contribution in [3.05, 3.63) is 59.4 Å². The number of carbonyl (C=O) groups is 1. The fourth-order valence-electron chi connectivity index (χ4n) is 3.79. The molecule has 5 rings (SSSR count). The van der Waals surface area contributed by atoms with Crippen LogP contribution in [-0.4, -0.2) is 46.8 Å². The van der Waals surface area contributed by atoms with Gasteiger partial charge in [-0.1, -0.05) is 54.8 Å². The fraction of sp³-hybridized carbons (Fsp3) is 0.333. The summed E-state index contributed by atoms with van der Waals surface area (Å²) < 4.78 is 12.5. The zero-order valence-electron chi connectivity index (χ0n) is 17.9. The molecule has 7 nitrogen and oxygen atoms in total. The zero-order chi connectivity index (χ0) is 21.9. The van der Waals surface area contributed by atoms with E-state index in [1.807, 2.05) is 35.2 Å². The maximum absolute atomic E-state index is 12.9. The monoisotopic (exact) mass is 448 g/mol. The molecule has 0 radical (unpaired) electrons. The van der Waals surface area contributed by atoms with Gasteiger partial charge in [0.1, 0.15) is 0 Å². The Morgan fingerprint density at radius 1 is 1.19 bits per heavy atom. The molecule has 1 saturated heterocycles. The van der Waals surface area contributed by atoms with Crippen molar-refractivity contribution < 1.29 is 13.9 Å². The Hall–Kier alpha value is -3.10. The minimum absolute atomic E-state index is 0.0299. The predicted molar refractivity (Wildman–Crippen MR) is 124 cm³/mol. The first-order valence-electron chi connectivity index (χ1n) is 10.9. The van der Waals surface area contributed by atoms with E-state index in [4.69, 9.17) is 9.15 Å². The SMILES string of the molecule is CCCCO[C@H]1CCN(c2nnc(C(=O)c3nc4ccc(-c5ccccc5)cc4s3)o2)C1. The molecule has 0 bridgehead atoms. The summed E-state index contributed by atoms with van der Waals surface area (Å²) >= 11 is 1.34. The Balaban J connectivity index is 1.30. The van der Waals surface area contributed by atoms with Crippen LogP contribution in [-0.2, 0) is 4.74 Å². The number of fused-ring (bicyclic) bond motifs is 1. The molecule has 4 aromatic rings. The third-order valence-electron chi connectivity index (χ3n) is 5.57. The first-order valence-corrected chi connectivity index (χ1v) is 11.7. The van der Waals surface area contributed by atoms with Crippen molar-refractivity contribution in [2.24, 2.45) is 0 Å². The normalized spacial score (nSPS) is 16.2. The Kier molecular flexibility index (Phi) is 5.96. The largest absolute Gasteiger partial charge is 0.400 e. The Morgan fingerprint density at radius 2 is 2.06 bits per heavy atom. The number of carbonyl (C=O) groups excluding carboxylic acids is 1. The highest BCUT2D eigenvalue weighted by Crippen LogP contribution is 2.30. The highest BCUT2D eigenvalue weighted by atomic mass is 32.1. The zero-order valence-corrected chi connectivity index (χ0v) is 18.7. The van der Waals surface area contributed by atoms with Crippen molar-refractivity contribution >= 4 is 33.4 Å². The second kappa shape index (κ2) is 9.18. The van der Waals surface area contributed by atoms with Gasteiger partial charge in [-0.15, -0.1) is 16.4 Å². The summed E-state index contributed by atoms with van der Waals surface area (Å²) in [4.78, 5) is 19.4. The van der Waals surface area contributed by atoms with E-state index in [1.165, 1.54) is 11.3 Å². The topological polar surface area (TPSA) is 81.4 Å². The van der Waals surface area contributed by atoms with Crippen LogP contribution in [0.4, 0.5) is 6.01 Å². The van der Waals surface area contributed by atoms with Gasteiger partial charge in [0.05, 0.1) is 16.3 Å². The highest BCUT2D eigenvalue weighted by molar-refractivity contribution is 7.20. The number of unbranched alkanes of at least 4 members (excludes halogenated alkanes) is 1.